The molecule has 9 heteroatoms. The van der Waals surface area contributed by atoms with E-state index in [4.69, 9.17) is 15.4 Å². The van der Waals surface area contributed by atoms with Crippen molar-refractivity contribution in [1.29, 1.82) is 10.7 Å². The van der Waals surface area contributed by atoms with Gasteiger partial charge in [0.25, 0.3) is 0 Å². The molecule has 0 saturated carbocycles. The minimum atomic E-state index is -4.54. The van der Waals surface area contributed by atoms with Crippen molar-refractivity contribution in [1.82, 2.24) is 4.90 Å². The summed E-state index contributed by atoms with van der Waals surface area (Å²) in [5, 5.41) is 20.7. The Kier molecular flexibility index (Phi) is 5.18. The highest BCUT2D eigenvalue weighted by molar-refractivity contribution is 6.46. The second kappa shape index (κ2) is 7.11. The fourth-order valence-corrected chi connectivity index (χ4v) is 2.01. The summed E-state index contributed by atoms with van der Waals surface area (Å²) in [7, 11) is 0. The molecule has 0 aliphatic carbocycles. The predicted octanol–water partition coefficient (Wildman–Crippen LogP) is 2.31. The number of amidine groups is 1. The second-order valence-electron chi connectivity index (χ2n) is 4.68. The second-order valence-corrected chi connectivity index (χ2v) is 4.68. The van der Waals surface area contributed by atoms with Gasteiger partial charge in [-0.05, 0) is 12.1 Å². The number of hydrazone groups is 1. The molecule has 0 atom stereocenters. The first kappa shape index (κ1) is 16.8. The standard InChI is InChI=1S/C14H14F3N5O/c15-14(16,17)10-3-1-2-4-11(10)20-21-12(9-18)13(19)22-5-7-23-8-6-22/h1-4,19-20H,5-8H2/b19-13?,21-12+. The van der Waals surface area contributed by atoms with E-state index < -0.39 is 11.7 Å². The van der Waals surface area contributed by atoms with E-state index in [1.54, 1.807) is 11.0 Å². The fraction of sp³-hybridized carbons (Fsp3) is 0.357. The first-order chi connectivity index (χ1) is 10.9. The molecule has 1 saturated heterocycles. The molecule has 6 nitrogen and oxygen atoms in total. The third kappa shape index (κ3) is 4.20. The molecule has 0 amide bonds. The van der Waals surface area contributed by atoms with E-state index in [1.807, 2.05) is 0 Å². The van der Waals surface area contributed by atoms with Crippen LogP contribution in [0.4, 0.5) is 18.9 Å². The van der Waals surface area contributed by atoms with Gasteiger partial charge in [-0.25, -0.2) is 0 Å². The molecule has 1 aromatic carbocycles. The van der Waals surface area contributed by atoms with Gasteiger partial charge in [0.1, 0.15) is 6.07 Å². The van der Waals surface area contributed by atoms with Gasteiger partial charge in [-0.15, -0.1) is 0 Å². The Labute approximate surface area is 130 Å². The maximum atomic E-state index is 12.9. The predicted molar refractivity (Wildman–Crippen MR) is 78.2 cm³/mol. The highest BCUT2D eigenvalue weighted by Gasteiger charge is 2.33. The highest BCUT2D eigenvalue weighted by atomic mass is 19.4. The summed E-state index contributed by atoms with van der Waals surface area (Å²) < 4.78 is 43.8. The summed E-state index contributed by atoms with van der Waals surface area (Å²) in [5.41, 5.74) is 0.784. The van der Waals surface area contributed by atoms with Crippen LogP contribution in [0, 0.1) is 16.7 Å². The lowest BCUT2D eigenvalue weighted by Gasteiger charge is -2.28. The van der Waals surface area contributed by atoms with Crippen molar-refractivity contribution in [3.8, 4) is 6.07 Å². The number of nitriles is 1. The quantitative estimate of drug-likeness (QED) is 0.507. The van der Waals surface area contributed by atoms with Gasteiger partial charge >= 0.3 is 6.18 Å². The average molecular weight is 325 g/mol. The molecule has 23 heavy (non-hydrogen) atoms. The summed E-state index contributed by atoms with van der Waals surface area (Å²) in [5.74, 6) is -0.146. The van der Waals surface area contributed by atoms with Gasteiger partial charge in [0.15, 0.2) is 5.84 Å². The number of morpholine rings is 1. The van der Waals surface area contributed by atoms with Crippen molar-refractivity contribution < 1.29 is 17.9 Å². The molecule has 0 bridgehead atoms. The molecule has 0 spiro atoms. The van der Waals surface area contributed by atoms with Crippen LogP contribution in [0.1, 0.15) is 5.56 Å². The van der Waals surface area contributed by atoms with Crippen LogP contribution in [0.3, 0.4) is 0 Å². The van der Waals surface area contributed by atoms with E-state index in [1.165, 1.54) is 18.2 Å². The average Bonchev–Trinajstić information content (AvgIpc) is 2.55. The van der Waals surface area contributed by atoms with E-state index in [-0.39, 0.29) is 17.2 Å². The van der Waals surface area contributed by atoms with Crippen molar-refractivity contribution in [2.75, 3.05) is 31.7 Å². The van der Waals surface area contributed by atoms with Crippen LogP contribution in [-0.4, -0.2) is 42.8 Å². The summed E-state index contributed by atoms with van der Waals surface area (Å²) >= 11 is 0. The van der Waals surface area contributed by atoms with Crippen LogP contribution in [0.25, 0.3) is 0 Å². The topological polar surface area (TPSA) is 84.5 Å². The maximum Gasteiger partial charge on any atom is 0.418 e. The zero-order valence-electron chi connectivity index (χ0n) is 12.0. The van der Waals surface area contributed by atoms with Crippen molar-refractivity contribution in [3.63, 3.8) is 0 Å². The van der Waals surface area contributed by atoms with Gasteiger partial charge in [-0.2, -0.15) is 23.5 Å². The highest BCUT2D eigenvalue weighted by Crippen LogP contribution is 2.34. The number of alkyl halides is 3. The van der Waals surface area contributed by atoms with Crippen molar-refractivity contribution in [3.05, 3.63) is 29.8 Å². The van der Waals surface area contributed by atoms with Crippen molar-refractivity contribution in [2.45, 2.75) is 6.18 Å². The Balaban J connectivity index is 2.17. The molecule has 0 aromatic heterocycles. The molecule has 122 valence electrons. The Morgan fingerprint density at radius 3 is 2.57 bits per heavy atom. The summed E-state index contributed by atoms with van der Waals surface area (Å²) in [6, 6.07) is 6.53. The fourth-order valence-electron chi connectivity index (χ4n) is 2.01. The van der Waals surface area contributed by atoms with Gasteiger partial charge in [0.05, 0.1) is 24.5 Å². The molecule has 1 fully saturated rings. The van der Waals surface area contributed by atoms with Gasteiger partial charge in [0, 0.05) is 13.1 Å². The zero-order chi connectivity index (χ0) is 16.9. The number of hydrogen-bond donors (Lipinski definition) is 2. The Hall–Kier alpha value is -2.60. The largest absolute Gasteiger partial charge is 0.418 e. The van der Waals surface area contributed by atoms with Crippen LogP contribution in [0.2, 0.25) is 0 Å². The number of hydrogen-bond acceptors (Lipinski definition) is 5. The monoisotopic (exact) mass is 325 g/mol. The number of benzene rings is 1. The molecule has 0 unspecified atom stereocenters. The molecule has 1 aliphatic rings. The minimum Gasteiger partial charge on any atom is -0.378 e. The molecule has 1 aliphatic heterocycles. The Bertz CT molecular complexity index is 645. The van der Waals surface area contributed by atoms with Crippen LogP contribution >= 0.6 is 0 Å². The number of nitrogens with one attached hydrogen (secondary N) is 2. The lowest BCUT2D eigenvalue weighted by Crippen LogP contribution is -2.43. The number of rotatable bonds is 3. The summed E-state index contributed by atoms with van der Waals surface area (Å²) in [6.07, 6.45) is -4.54. The number of ether oxygens (including phenoxy) is 1. The Morgan fingerprint density at radius 1 is 1.30 bits per heavy atom. The van der Waals surface area contributed by atoms with E-state index in [9.17, 15) is 13.2 Å². The molecular formula is C14H14F3N5O. The van der Waals surface area contributed by atoms with Crippen LogP contribution in [0.5, 0.6) is 0 Å². The molecule has 2 rings (SSSR count). The molecule has 1 heterocycles. The third-order valence-electron chi connectivity index (χ3n) is 3.18. The van der Waals surface area contributed by atoms with Gasteiger partial charge in [-0.3, -0.25) is 10.8 Å². The van der Waals surface area contributed by atoms with E-state index in [2.05, 4.69) is 10.5 Å². The molecular weight excluding hydrogens is 311 g/mol. The SMILES string of the molecule is N#C/C(=N\Nc1ccccc1C(F)(F)F)C(=N)N1CCOCC1. The molecule has 0 radical (unpaired) electrons. The number of anilines is 1. The smallest absolute Gasteiger partial charge is 0.378 e. The minimum absolute atomic E-state index is 0.146. The van der Waals surface area contributed by atoms with Crippen LogP contribution in [-0.2, 0) is 10.9 Å². The first-order valence-electron chi connectivity index (χ1n) is 6.75. The number of halogens is 3. The van der Waals surface area contributed by atoms with Crippen LogP contribution in [0.15, 0.2) is 29.4 Å². The number of para-hydroxylation sites is 1. The van der Waals surface area contributed by atoms with E-state index >= 15 is 0 Å². The van der Waals surface area contributed by atoms with Gasteiger partial charge in [0.2, 0.25) is 5.71 Å². The summed E-state index contributed by atoms with van der Waals surface area (Å²) in [4.78, 5) is 1.59. The maximum absolute atomic E-state index is 12.9. The van der Waals surface area contributed by atoms with Crippen LogP contribution < -0.4 is 5.43 Å². The van der Waals surface area contributed by atoms with Crippen molar-refractivity contribution >= 4 is 17.2 Å². The lowest BCUT2D eigenvalue weighted by atomic mass is 10.2. The van der Waals surface area contributed by atoms with E-state index in [0.717, 1.165) is 6.07 Å². The van der Waals surface area contributed by atoms with Crippen molar-refractivity contribution in [2.24, 2.45) is 5.10 Å². The molecule has 2 N–H and O–H groups in total. The van der Waals surface area contributed by atoms with Gasteiger partial charge in [-0.1, -0.05) is 12.1 Å². The molecule has 1 aromatic rings. The first-order valence-corrected chi connectivity index (χ1v) is 6.75. The third-order valence-corrected chi connectivity index (χ3v) is 3.18. The lowest BCUT2D eigenvalue weighted by molar-refractivity contribution is -0.136. The Morgan fingerprint density at radius 2 is 1.96 bits per heavy atom. The van der Waals surface area contributed by atoms with Gasteiger partial charge < -0.3 is 9.64 Å². The van der Waals surface area contributed by atoms with E-state index in [0.29, 0.717) is 26.3 Å². The normalized spacial score (nSPS) is 15.9. The summed E-state index contributed by atoms with van der Waals surface area (Å²) in [6.45, 7) is 1.70. The zero-order valence-corrected chi connectivity index (χ0v) is 12.0. The number of nitrogens with zero attached hydrogens (tertiary/aromatic N) is 3.